The van der Waals surface area contributed by atoms with Gasteiger partial charge in [-0.25, -0.2) is 0 Å². The van der Waals surface area contributed by atoms with Gasteiger partial charge in [0.25, 0.3) is 11.6 Å². The summed E-state index contributed by atoms with van der Waals surface area (Å²) in [5.41, 5.74) is 0.744. The molecule has 0 bridgehead atoms. The van der Waals surface area contributed by atoms with Crippen LogP contribution in [0.25, 0.3) is 0 Å². The van der Waals surface area contributed by atoms with E-state index in [2.05, 4.69) is 10.6 Å². The fourth-order valence-corrected chi connectivity index (χ4v) is 2.60. The van der Waals surface area contributed by atoms with Crippen molar-refractivity contribution in [1.82, 2.24) is 5.32 Å². The summed E-state index contributed by atoms with van der Waals surface area (Å²) in [6.45, 7) is 0.501. The van der Waals surface area contributed by atoms with Crippen molar-refractivity contribution in [3.8, 4) is 0 Å². The molecule has 8 nitrogen and oxygen atoms in total. The van der Waals surface area contributed by atoms with Crippen molar-refractivity contribution in [1.29, 1.82) is 0 Å². The molecular weight excluding hydrogens is 362 g/mol. The zero-order valence-electron chi connectivity index (χ0n) is 14.8. The Morgan fingerprint density at radius 2 is 1.75 bits per heavy atom. The van der Waals surface area contributed by atoms with Gasteiger partial charge in [0.1, 0.15) is 5.69 Å². The number of nitro benzene ring substituents is 1. The van der Waals surface area contributed by atoms with Gasteiger partial charge in [-0.2, -0.15) is 0 Å². The summed E-state index contributed by atoms with van der Waals surface area (Å²) in [6.07, 6.45) is 1.40. The minimum Gasteiger partial charge on any atom is -0.459 e. The Hall–Kier alpha value is -3.94. The van der Waals surface area contributed by atoms with Gasteiger partial charge in [0, 0.05) is 30.3 Å². The molecule has 1 amide bonds. The fourth-order valence-electron chi connectivity index (χ4n) is 2.60. The maximum atomic E-state index is 12.5. The number of hydrogen-bond acceptors (Lipinski definition) is 6. The molecule has 2 aromatic carbocycles. The van der Waals surface area contributed by atoms with Crippen LogP contribution in [0.2, 0.25) is 0 Å². The molecule has 3 aromatic rings. The number of anilines is 1. The van der Waals surface area contributed by atoms with E-state index >= 15 is 0 Å². The minimum atomic E-state index is -0.550. The molecule has 0 unspecified atom stereocenters. The van der Waals surface area contributed by atoms with Gasteiger partial charge in [0.2, 0.25) is 0 Å². The van der Waals surface area contributed by atoms with Crippen LogP contribution in [-0.4, -0.2) is 29.7 Å². The largest absolute Gasteiger partial charge is 0.459 e. The number of nitrogens with zero attached hydrogens (tertiary/aromatic N) is 1. The highest BCUT2D eigenvalue weighted by Crippen LogP contribution is 2.26. The summed E-state index contributed by atoms with van der Waals surface area (Å²) in [7, 11) is 0. The topological polar surface area (TPSA) is 114 Å². The maximum absolute atomic E-state index is 12.5. The average molecular weight is 379 g/mol. The first-order valence-electron chi connectivity index (χ1n) is 8.50. The summed E-state index contributed by atoms with van der Waals surface area (Å²) in [5.74, 6) is -0.471. The third-order valence-corrected chi connectivity index (χ3v) is 3.96. The second-order valence-corrected chi connectivity index (χ2v) is 5.84. The zero-order valence-corrected chi connectivity index (χ0v) is 14.8. The predicted molar refractivity (Wildman–Crippen MR) is 103 cm³/mol. The van der Waals surface area contributed by atoms with Crippen LogP contribution in [0, 0.1) is 10.1 Å². The van der Waals surface area contributed by atoms with Crippen molar-refractivity contribution in [2.75, 3.05) is 18.4 Å². The molecule has 0 atom stereocenters. The number of ketones is 1. The molecule has 0 aliphatic carbocycles. The molecule has 28 heavy (non-hydrogen) atoms. The van der Waals surface area contributed by atoms with Gasteiger partial charge in [0.15, 0.2) is 11.5 Å². The van der Waals surface area contributed by atoms with Crippen molar-refractivity contribution in [2.45, 2.75) is 0 Å². The molecule has 2 N–H and O–H groups in total. The molecule has 0 radical (unpaired) electrons. The highest BCUT2D eigenvalue weighted by Gasteiger charge is 2.18. The number of hydrogen-bond donors (Lipinski definition) is 2. The number of carbonyl (C=O) groups is 2. The molecular formula is C20H17N3O5. The number of nitrogens with one attached hydrogen (secondary N) is 2. The Kier molecular flexibility index (Phi) is 5.81. The predicted octanol–water partition coefficient (Wildman–Crippen LogP) is 3.26. The van der Waals surface area contributed by atoms with Crippen LogP contribution in [0.4, 0.5) is 11.4 Å². The van der Waals surface area contributed by atoms with E-state index in [1.807, 2.05) is 0 Å². The number of benzene rings is 2. The van der Waals surface area contributed by atoms with Crippen LogP contribution in [0.1, 0.15) is 26.5 Å². The summed E-state index contributed by atoms with van der Waals surface area (Å²) in [5, 5.41) is 16.9. The first-order valence-corrected chi connectivity index (χ1v) is 8.50. The fraction of sp³-hybridized carbons (Fsp3) is 0.100. The highest BCUT2D eigenvalue weighted by molar-refractivity contribution is 6.09. The van der Waals surface area contributed by atoms with Crippen LogP contribution >= 0.6 is 0 Å². The first-order chi connectivity index (χ1) is 13.6. The van der Waals surface area contributed by atoms with E-state index < -0.39 is 4.92 Å². The Labute approximate surface area is 160 Å². The summed E-state index contributed by atoms with van der Waals surface area (Å²) >= 11 is 0. The first kappa shape index (κ1) is 18.8. The molecule has 0 saturated carbocycles. The molecule has 0 aliphatic rings. The lowest BCUT2D eigenvalue weighted by atomic mass is 10.0. The minimum absolute atomic E-state index is 0.190. The Morgan fingerprint density at radius 1 is 0.964 bits per heavy atom. The van der Waals surface area contributed by atoms with Crippen LogP contribution in [0.5, 0.6) is 0 Å². The van der Waals surface area contributed by atoms with Crippen LogP contribution in [0.15, 0.2) is 71.3 Å². The molecule has 1 aromatic heterocycles. The van der Waals surface area contributed by atoms with E-state index in [9.17, 15) is 19.7 Å². The number of nitro groups is 1. The molecule has 0 aliphatic heterocycles. The summed E-state index contributed by atoms with van der Waals surface area (Å²) in [6, 6.07) is 16.0. The smallest absolute Gasteiger partial charge is 0.293 e. The van der Waals surface area contributed by atoms with E-state index in [0.29, 0.717) is 5.56 Å². The Bertz CT molecular complexity index is 984. The Balaban J connectivity index is 1.65. The van der Waals surface area contributed by atoms with Crippen molar-refractivity contribution in [2.24, 2.45) is 0 Å². The zero-order chi connectivity index (χ0) is 19.9. The summed E-state index contributed by atoms with van der Waals surface area (Å²) < 4.78 is 4.98. The molecule has 3 rings (SSSR count). The monoisotopic (exact) mass is 379 g/mol. The third kappa shape index (κ3) is 4.42. The standard InChI is InChI=1S/C20H17N3O5/c24-19(14-5-2-1-3-6-14)15-8-9-16(17(13-15)23(26)27)21-10-11-22-20(25)18-7-4-12-28-18/h1-9,12-13,21H,10-11H2,(H,22,25). The van der Waals surface area contributed by atoms with E-state index in [1.54, 1.807) is 36.4 Å². The van der Waals surface area contributed by atoms with Gasteiger partial charge in [-0.3, -0.25) is 19.7 Å². The highest BCUT2D eigenvalue weighted by atomic mass is 16.6. The van der Waals surface area contributed by atoms with Crippen molar-refractivity contribution < 1.29 is 18.9 Å². The third-order valence-electron chi connectivity index (χ3n) is 3.96. The number of rotatable bonds is 8. The molecule has 142 valence electrons. The molecule has 0 spiro atoms. The van der Waals surface area contributed by atoms with E-state index in [-0.39, 0.29) is 47.5 Å². The van der Waals surface area contributed by atoms with Crippen molar-refractivity contribution in [3.63, 3.8) is 0 Å². The van der Waals surface area contributed by atoms with Gasteiger partial charge in [-0.1, -0.05) is 30.3 Å². The SMILES string of the molecule is O=C(c1ccccc1)c1ccc(NCCNC(=O)c2ccco2)c([N+](=O)[O-])c1. The lowest BCUT2D eigenvalue weighted by molar-refractivity contribution is -0.384. The lowest BCUT2D eigenvalue weighted by Gasteiger charge is -2.09. The van der Waals surface area contributed by atoms with E-state index in [1.165, 1.54) is 30.5 Å². The van der Waals surface area contributed by atoms with Gasteiger partial charge in [-0.15, -0.1) is 0 Å². The lowest BCUT2D eigenvalue weighted by Crippen LogP contribution is -2.28. The quantitative estimate of drug-likeness (QED) is 0.269. The van der Waals surface area contributed by atoms with Gasteiger partial charge in [0.05, 0.1) is 11.2 Å². The van der Waals surface area contributed by atoms with E-state index in [0.717, 1.165) is 0 Å². The van der Waals surface area contributed by atoms with Crippen molar-refractivity contribution in [3.05, 3.63) is 93.9 Å². The van der Waals surface area contributed by atoms with Gasteiger partial charge in [-0.05, 0) is 24.3 Å². The van der Waals surface area contributed by atoms with E-state index in [4.69, 9.17) is 4.42 Å². The molecule has 1 heterocycles. The van der Waals surface area contributed by atoms with Gasteiger partial charge >= 0.3 is 0 Å². The van der Waals surface area contributed by atoms with Crippen LogP contribution in [-0.2, 0) is 0 Å². The second kappa shape index (κ2) is 8.63. The molecule has 8 heteroatoms. The van der Waals surface area contributed by atoms with Crippen LogP contribution in [0.3, 0.4) is 0 Å². The van der Waals surface area contributed by atoms with Crippen LogP contribution < -0.4 is 10.6 Å². The van der Waals surface area contributed by atoms with Gasteiger partial charge < -0.3 is 15.1 Å². The number of furan rings is 1. The number of amides is 1. The Morgan fingerprint density at radius 3 is 2.43 bits per heavy atom. The summed E-state index contributed by atoms with van der Waals surface area (Å²) in [4.78, 5) is 35.1. The molecule has 0 saturated heterocycles. The second-order valence-electron chi connectivity index (χ2n) is 5.84. The normalized spacial score (nSPS) is 10.3. The molecule has 0 fully saturated rings. The number of carbonyl (C=O) groups excluding carboxylic acids is 2. The average Bonchev–Trinajstić information content (AvgIpc) is 3.26. The van der Waals surface area contributed by atoms with Crippen molar-refractivity contribution >= 4 is 23.1 Å². The maximum Gasteiger partial charge on any atom is 0.293 e.